The highest BCUT2D eigenvalue weighted by Gasteiger charge is 2.18. The Morgan fingerprint density at radius 1 is 1.43 bits per heavy atom. The second-order valence-corrected chi connectivity index (χ2v) is 5.03. The zero-order valence-corrected chi connectivity index (χ0v) is 10.7. The summed E-state index contributed by atoms with van der Waals surface area (Å²) in [5, 5.41) is 0. The van der Waals surface area contributed by atoms with Gasteiger partial charge in [-0.15, -0.1) is 0 Å². The topological polar surface area (TPSA) is 0 Å². The van der Waals surface area contributed by atoms with Crippen molar-refractivity contribution >= 4 is 22.0 Å². The van der Waals surface area contributed by atoms with E-state index in [1.165, 1.54) is 5.56 Å². The number of benzene rings is 1. The van der Waals surface area contributed by atoms with Gasteiger partial charge in [-0.2, -0.15) is 0 Å². The van der Waals surface area contributed by atoms with Gasteiger partial charge >= 0.3 is 0 Å². The molecular weight excluding hydrogens is 236 g/mol. The van der Waals surface area contributed by atoms with Crippen molar-refractivity contribution in [2.75, 3.05) is 0 Å². The van der Waals surface area contributed by atoms with Gasteiger partial charge in [0, 0.05) is 4.47 Å². The Bertz CT molecular complexity index is 337. The average molecular weight is 253 g/mol. The molecule has 1 aromatic carbocycles. The first kappa shape index (κ1) is 11.5. The zero-order chi connectivity index (χ0) is 10.8. The second-order valence-electron chi connectivity index (χ2n) is 4.18. The molecule has 0 radical (unpaired) electrons. The van der Waals surface area contributed by atoms with E-state index in [-0.39, 0.29) is 5.41 Å². The van der Waals surface area contributed by atoms with Crippen molar-refractivity contribution in [3.8, 4) is 0 Å². The Balaban J connectivity index is 3.14. The molecule has 0 bridgehead atoms. The van der Waals surface area contributed by atoms with Gasteiger partial charge in [0.25, 0.3) is 0 Å². The Morgan fingerprint density at radius 2 is 2.07 bits per heavy atom. The Morgan fingerprint density at radius 3 is 2.50 bits per heavy atom. The molecule has 1 heteroatoms. The van der Waals surface area contributed by atoms with E-state index >= 15 is 0 Å². The summed E-state index contributed by atoms with van der Waals surface area (Å²) in [5.41, 5.74) is 2.78. The smallest absolute Gasteiger partial charge is 0.0250 e. The third kappa shape index (κ3) is 2.27. The van der Waals surface area contributed by atoms with Crippen LogP contribution in [0, 0.1) is 0 Å². The molecule has 0 saturated heterocycles. The summed E-state index contributed by atoms with van der Waals surface area (Å²) in [5.74, 6) is 0. The van der Waals surface area contributed by atoms with Crippen LogP contribution < -0.4 is 0 Å². The van der Waals surface area contributed by atoms with Crippen LogP contribution in [0.5, 0.6) is 0 Å². The molecule has 14 heavy (non-hydrogen) atoms. The third-order valence-electron chi connectivity index (χ3n) is 2.89. The molecule has 0 aliphatic carbocycles. The van der Waals surface area contributed by atoms with Gasteiger partial charge in [-0.3, -0.25) is 0 Å². The van der Waals surface area contributed by atoms with Gasteiger partial charge < -0.3 is 0 Å². The maximum absolute atomic E-state index is 3.77. The predicted octanol–water partition coefficient (Wildman–Crippen LogP) is 4.78. The van der Waals surface area contributed by atoms with Crippen LogP contribution in [0.15, 0.2) is 29.3 Å². The summed E-state index contributed by atoms with van der Waals surface area (Å²) in [6, 6.07) is 6.50. The maximum atomic E-state index is 3.77. The lowest BCUT2D eigenvalue weighted by molar-refractivity contribution is 0.506. The van der Waals surface area contributed by atoms with Crippen LogP contribution in [0.25, 0.3) is 6.08 Å². The molecule has 1 rings (SSSR count). The number of hydrogen-bond acceptors (Lipinski definition) is 0. The Labute approximate surface area is 95.2 Å². The summed E-state index contributed by atoms with van der Waals surface area (Å²) in [4.78, 5) is 0. The van der Waals surface area contributed by atoms with Crippen LogP contribution in [0.3, 0.4) is 0 Å². The van der Waals surface area contributed by atoms with E-state index in [9.17, 15) is 0 Å². The average Bonchev–Trinajstić information content (AvgIpc) is 2.17. The van der Waals surface area contributed by atoms with Crippen molar-refractivity contribution < 1.29 is 0 Å². The van der Waals surface area contributed by atoms with E-state index in [4.69, 9.17) is 0 Å². The summed E-state index contributed by atoms with van der Waals surface area (Å²) in [6.07, 6.45) is 3.01. The molecule has 0 aliphatic heterocycles. The summed E-state index contributed by atoms with van der Waals surface area (Å²) in [7, 11) is 0. The summed E-state index contributed by atoms with van der Waals surface area (Å²) >= 11 is 3.56. The normalized spacial score (nSPS) is 11.4. The van der Waals surface area contributed by atoms with Crippen LogP contribution in [-0.2, 0) is 5.41 Å². The van der Waals surface area contributed by atoms with E-state index in [1.807, 2.05) is 6.08 Å². The fourth-order valence-corrected chi connectivity index (χ4v) is 1.86. The minimum Gasteiger partial charge on any atom is -0.0984 e. The third-order valence-corrected chi connectivity index (χ3v) is 3.57. The molecular formula is C13H17Br. The SMILES string of the molecule is C=Cc1ccc(C(C)(C)CC)cc1Br. The Kier molecular flexibility index (Phi) is 3.54. The van der Waals surface area contributed by atoms with Crippen LogP contribution in [0.2, 0.25) is 0 Å². The molecule has 0 aliphatic rings. The zero-order valence-electron chi connectivity index (χ0n) is 9.10. The van der Waals surface area contributed by atoms with Crippen LogP contribution in [-0.4, -0.2) is 0 Å². The summed E-state index contributed by atoms with van der Waals surface area (Å²) in [6.45, 7) is 10.5. The monoisotopic (exact) mass is 252 g/mol. The molecule has 0 unspecified atom stereocenters. The van der Waals surface area contributed by atoms with Crippen molar-refractivity contribution in [1.82, 2.24) is 0 Å². The number of halogens is 1. The largest absolute Gasteiger partial charge is 0.0984 e. The van der Waals surface area contributed by atoms with Gasteiger partial charge in [0.15, 0.2) is 0 Å². The van der Waals surface area contributed by atoms with E-state index in [0.717, 1.165) is 16.5 Å². The summed E-state index contributed by atoms with van der Waals surface area (Å²) < 4.78 is 1.13. The lowest BCUT2D eigenvalue weighted by Crippen LogP contribution is -2.15. The maximum Gasteiger partial charge on any atom is 0.0250 e. The predicted molar refractivity (Wildman–Crippen MR) is 67.6 cm³/mol. The van der Waals surface area contributed by atoms with Crippen LogP contribution in [0.4, 0.5) is 0 Å². The van der Waals surface area contributed by atoms with Crippen molar-refractivity contribution in [1.29, 1.82) is 0 Å². The van der Waals surface area contributed by atoms with Gasteiger partial charge in [-0.1, -0.05) is 61.5 Å². The molecule has 0 spiro atoms. The molecule has 76 valence electrons. The lowest BCUT2D eigenvalue weighted by Gasteiger charge is -2.23. The molecule has 0 N–H and O–H groups in total. The molecule has 0 amide bonds. The van der Waals surface area contributed by atoms with E-state index < -0.39 is 0 Å². The highest BCUT2D eigenvalue weighted by atomic mass is 79.9. The molecule has 0 fully saturated rings. The van der Waals surface area contributed by atoms with Crippen LogP contribution >= 0.6 is 15.9 Å². The lowest BCUT2D eigenvalue weighted by atomic mass is 9.82. The Hall–Kier alpha value is -0.560. The molecule has 0 heterocycles. The van der Waals surface area contributed by atoms with E-state index in [2.05, 4.69) is 61.5 Å². The van der Waals surface area contributed by atoms with Crippen molar-refractivity contribution in [2.24, 2.45) is 0 Å². The number of hydrogen-bond donors (Lipinski definition) is 0. The van der Waals surface area contributed by atoms with Gasteiger partial charge in [0.1, 0.15) is 0 Å². The van der Waals surface area contributed by atoms with Gasteiger partial charge in [0.05, 0.1) is 0 Å². The first-order valence-electron chi connectivity index (χ1n) is 4.93. The standard InChI is InChI=1S/C13H17Br/c1-5-10-7-8-11(9-12(10)14)13(3,4)6-2/h5,7-9H,1,6H2,2-4H3. The fourth-order valence-electron chi connectivity index (χ4n) is 1.32. The van der Waals surface area contributed by atoms with E-state index in [0.29, 0.717) is 0 Å². The number of rotatable bonds is 3. The van der Waals surface area contributed by atoms with Crippen molar-refractivity contribution in [2.45, 2.75) is 32.6 Å². The second kappa shape index (κ2) is 4.31. The first-order valence-corrected chi connectivity index (χ1v) is 5.73. The quantitative estimate of drug-likeness (QED) is 0.727. The van der Waals surface area contributed by atoms with Gasteiger partial charge in [0.2, 0.25) is 0 Å². The highest BCUT2D eigenvalue weighted by Crippen LogP contribution is 2.30. The molecule has 0 aromatic heterocycles. The van der Waals surface area contributed by atoms with Gasteiger partial charge in [-0.25, -0.2) is 0 Å². The van der Waals surface area contributed by atoms with Crippen molar-refractivity contribution in [3.63, 3.8) is 0 Å². The van der Waals surface area contributed by atoms with E-state index in [1.54, 1.807) is 0 Å². The minimum atomic E-state index is 0.252. The molecule has 0 atom stereocenters. The van der Waals surface area contributed by atoms with Gasteiger partial charge in [-0.05, 0) is 29.0 Å². The fraction of sp³-hybridized carbons (Fsp3) is 0.385. The molecule has 0 saturated carbocycles. The highest BCUT2D eigenvalue weighted by molar-refractivity contribution is 9.10. The minimum absolute atomic E-state index is 0.252. The molecule has 0 nitrogen and oxygen atoms in total. The first-order chi connectivity index (χ1) is 6.51. The molecule has 1 aromatic rings. The van der Waals surface area contributed by atoms with Crippen molar-refractivity contribution in [3.05, 3.63) is 40.4 Å². The van der Waals surface area contributed by atoms with Crippen LogP contribution in [0.1, 0.15) is 38.3 Å².